The summed E-state index contributed by atoms with van der Waals surface area (Å²) in [5, 5.41) is 22.2. The van der Waals surface area contributed by atoms with Gasteiger partial charge in [0.1, 0.15) is 5.54 Å². The first-order valence-corrected chi connectivity index (χ1v) is 7.23. The van der Waals surface area contributed by atoms with E-state index >= 15 is 0 Å². The molecule has 5 nitrogen and oxygen atoms in total. The Bertz CT molecular complexity index is 516. The van der Waals surface area contributed by atoms with Crippen molar-refractivity contribution in [2.24, 2.45) is 5.92 Å². The number of carbonyl (C=O) groups is 2. The Kier molecular flexibility index (Phi) is 4.63. The van der Waals surface area contributed by atoms with Gasteiger partial charge in [0.25, 0.3) is 5.91 Å². The van der Waals surface area contributed by atoms with Gasteiger partial charge < -0.3 is 15.5 Å². The van der Waals surface area contributed by atoms with E-state index in [1.54, 1.807) is 30.3 Å². The SMILES string of the molecule is CC1CCCC(NC(=O)C(O)c2ccccc2)(C(=O)O)C1. The summed E-state index contributed by atoms with van der Waals surface area (Å²) in [5.74, 6) is -1.44. The molecule has 1 aliphatic rings. The normalized spacial score (nSPS) is 26.9. The zero-order chi connectivity index (χ0) is 15.5. The Labute approximate surface area is 124 Å². The third-order valence-corrected chi connectivity index (χ3v) is 4.13. The molecule has 0 heterocycles. The second kappa shape index (κ2) is 6.26. The van der Waals surface area contributed by atoms with Crippen molar-refractivity contribution >= 4 is 11.9 Å². The molecule has 0 saturated heterocycles. The Morgan fingerprint density at radius 1 is 1.33 bits per heavy atom. The fourth-order valence-corrected chi connectivity index (χ4v) is 3.00. The van der Waals surface area contributed by atoms with Crippen LogP contribution in [0.5, 0.6) is 0 Å². The zero-order valence-corrected chi connectivity index (χ0v) is 12.1. The molecule has 2 rings (SSSR count). The number of carboxylic acids is 1. The van der Waals surface area contributed by atoms with Crippen LogP contribution in [0, 0.1) is 5.92 Å². The molecular formula is C16H21NO4. The number of benzene rings is 1. The van der Waals surface area contributed by atoms with E-state index in [1.165, 1.54) is 0 Å². The molecule has 0 aliphatic heterocycles. The average molecular weight is 291 g/mol. The Morgan fingerprint density at radius 3 is 2.57 bits per heavy atom. The zero-order valence-electron chi connectivity index (χ0n) is 12.1. The van der Waals surface area contributed by atoms with Gasteiger partial charge >= 0.3 is 5.97 Å². The van der Waals surface area contributed by atoms with Crippen LogP contribution < -0.4 is 5.32 Å². The Hall–Kier alpha value is -1.88. The van der Waals surface area contributed by atoms with Crippen molar-refractivity contribution in [3.63, 3.8) is 0 Å². The van der Waals surface area contributed by atoms with E-state index in [-0.39, 0.29) is 5.92 Å². The summed E-state index contributed by atoms with van der Waals surface area (Å²) in [7, 11) is 0. The standard InChI is InChI=1S/C16H21NO4/c1-11-6-5-9-16(10-11,15(20)21)17-14(19)13(18)12-7-3-2-4-8-12/h2-4,7-8,11,13,18H,5-6,9-10H2,1H3,(H,17,19)(H,20,21). The van der Waals surface area contributed by atoms with Gasteiger partial charge in [-0.2, -0.15) is 0 Å². The summed E-state index contributed by atoms with van der Waals surface area (Å²) in [4.78, 5) is 23.8. The van der Waals surface area contributed by atoms with Gasteiger partial charge in [-0.3, -0.25) is 4.79 Å². The predicted molar refractivity (Wildman–Crippen MR) is 77.5 cm³/mol. The predicted octanol–water partition coefficient (Wildman–Crippen LogP) is 1.87. The highest BCUT2D eigenvalue weighted by Crippen LogP contribution is 2.33. The smallest absolute Gasteiger partial charge is 0.329 e. The second-order valence-electron chi connectivity index (χ2n) is 5.89. The quantitative estimate of drug-likeness (QED) is 0.790. The van der Waals surface area contributed by atoms with E-state index in [1.807, 2.05) is 6.92 Å². The molecule has 3 N–H and O–H groups in total. The van der Waals surface area contributed by atoms with Crippen LogP contribution in [0.15, 0.2) is 30.3 Å². The molecule has 1 aromatic carbocycles. The molecule has 1 amide bonds. The molecule has 1 fully saturated rings. The third kappa shape index (κ3) is 3.42. The number of aliphatic hydroxyl groups excluding tert-OH is 1. The van der Waals surface area contributed by atoms with Crippen molar-refractivity contribution in [2.45, 2.75) is 44.2 Å². The van der Waals surface area contributed by atoms with E-state index in [9.17, 15) is 19.8 Å². The lowest BCUT2D eigenvalue weighted by molar-refractivity contribution is -0.151. The van der Waals surface area contributed by atoms with Gasteiger partial charge in [0.2, 0.25) is 0 Å². The van der Waals surface area contributed by atoms with Crippen LogP contribution in [0.4, 0.5) is 0 Å². The lowest BCUT2D eigenvalue weighted by atomic mass is 9.76. The molecule has 3 atom stereocenters. The molecule has 0 aromatic heterocycles. The highest BCUT2D eigenvalue weighted by molar-refractivity contribution is 5.89. The van der Waals surface area contributed by atoms with Gasteiger partial charge in [0.05, 0.1) is 0 Å². The molecule has 0 radical (unpaired) electrons. The number of hydrogen-bond donors (Lipinski definition) is 3. The first-order chi connectivity index (χ1) is 9.94. The van der Waals surface area contributed by atoms with E-state index < -0.39 is 23.5 Å². The van der Waals surface area contributed by atoms with Crippen LogP contribution in [-0.2, 0) is 9.59 Å². The first kappa shape index (κ1) is 15.5. The number of nitrogens with one attached hydrogen (secondary N) is 1. The topological polar surface area (TPSA) is 86.6 Å². The molecule has 0 spiro atoms. The van der Waals surface area contributed by atoms with Crippen LogP contribution in [0.2, 0.25) is 0 Å². The fraction of sp³-hybridized carbons (Fsp3) is 0.500. The molecule has 0 bridgehead atoms. The van der Waals surface area contributed by atoms with Crippen molar-refractivity contribution in [3.05, 3.63) is 35.9 Å². The minimum absolute atomic E-state index is 0.240. The summed E-state index contributed by atoms with van der Waals surface area (Å²) in [6.07, 6.45) is 1.18. The summed E-state index contributed by atoms with van der Waals surface area (Å²) in [6.45, 7) is 1.98. The monoisotopic (exact) mass is 291 g/mol. The maximum atomic E-state index is 12.2. The number of aliphatic carboxylic acids is 1. The molecule has 1 saturated carbocycles. The van der Waals surface area contributed by atoms with Gasteiger partial charge in [-0.25, -0.2) is 4.79 Å². The summed E-state index contributed by atoms with van der Waals surface area (Å²) < 4.78 is 0. The number of hydrogen-bond acceptors (Lipinski definition) is 3. The molecule has 5 heteroatoms. The molecule has 1 aromatic rings. The lowest BCUT2D eigenvalue weighted by Gasteiger charge is -2.37. The molecule has 114 valence electrons. The number of carboxylic acid groups (broad SMARTS) is 1. The van der Waals surface area contributed by atoms with E-state index in [2.05, 4.69) is 5.32 Å². The Morgan fingerprint density at radius 2 is 2.00 bits per heavy atom. The van der Waals surface area contributed by atoms with Crippen LogP contribution in [0.25, 0.3) is 0 Å². The highest BCUT2D eigenvalue weighted by atomic mass is 16.4. The number of rotatable bonds is 4. The molecule has 3 unspecified atom stereocenters. The summed E-state index contributed by atoms with van der Waals surface area (Å²) in [6, 6.07) is 8.51. The number of aliphatic hydroxyl groups is 1. The van der Waals surface area contributed by atoms with Gasteiger partial charge in [0.15, 0.2) is 6.10 Å². The summed E-state index contributed by atoms with van der Waals surface area (Å²) in [5.41, 5.74) is -0.802. The molecule has 21 heavy (non-hydrogen) atoms. The van der Waals surface area contributed by atoms with Crippen molar-refractivity contribution in [3.8, 4) is 0 Å². The summed E-state index contributed by atoms with van der Waals surface area (Å²) >= 11 is 0. The minimum Gasteiger partial charge on any atom is -0.480 e. The third-order valence-electron chi connectivity index (χ3n) is 4.13. The number of amides is 1. The van der Waals surface area contributed by atoms with E-state index in [4.69, 9.17) is 0 Å². The maximum absolute atomic E-state index is 12.2. The lowest BCUT2D eigenvalue weighted by Crippen LogP contribution is -2.57. The number of carbonyl (C=O) groups excluding carboxylic acids is 1. The highest BCUT2D eigenvalue weighted by Gasteiger charge is 2.44. The minimum atomic E-state index is -1.35. The maximum Gasteiger partial charge on any atom is 0.329 e. The van der Waals surface area contributed by atoms with Crippen molar-refractivity contribution < 1.29 is 19.8 Å². The van der Waals surface area contributed by atoms with Crippen LogP contribution in [0.3, 0.4) is 0 Å². The molecular weight excluding hydrogens is 270 g/mol. The largest absolute Gasteiger partial charge is 0.480 e. The average Bonchev–Trinajstić information content (AvgIpc) is 2.47. The van der Waals surface area contributed by atoms with E-state index in [0.29, 0.717) is 18.4 Å². The van der Waals surface area contributed by atoms with Gasteiger partial charge in [-0.15, -0.1) is 0 Å². The van der Waals surface area contributed by atoms with Gasteiger partial charge in [-0.1, -0.05) is 50.1 Å². The van der Waals surface area contributed by atoms with Crippen molar-refractivity contribution in [1.29, 1.82) is 0 Å². The van der Waals surface area contributed by atoms with Gasteiger partial charge in [-0.05, 0) is 24.3 Å². The van der Waals surface area contributed by atoms with Crippen LogP contribution in [0.1, 0.15) is 44.3 Å². The van der Waals surface area contributed by atoms with Crippen LogP contribution in [-0.4, -0.2) is 27.6 Å². The van der Waals surface area contributed by atoms with Crippen LogP contribution >= 0.6 is 0 Å². The molecule has 1 aliphatic carbocycles. The first-order valence-electron chi connectivity index (χ1n) is 7.23. The van der Waals surface area contributed by atoms with E-state index in [0.717, 1.165) is 12.8 Å². The van der Waals surface area contributed by atoms with Gasteiger partial charge in [0, 0.05) is 0 Å². The fourth-order valence-electron chi connectivity index (χ4n) is 3.00. The Balaban J connectivity index is 2.14. The van der Waals surface area contributed by atoms with Crippen molar-refractivity contribution in [1.82, 2.24) is 5.32 Å². The van der Waals surface area contributed by atoms with Crippen molar-refractivity contribution in [2.75, 3.05) is 0 Å². The second-order valence-corrected chi connectivity index (χ2v) is 5.89.